The van der Waals surface area contributed by atoms with E-state index in [1.165, 1.54) is 0 Å². The highest BCUT2D eigenvalue weighted by Crippen LogP contribution is 2.22. The summed E-state index contributed by atoms with van der Waals surface area (Å²) < 4.78 is 0. The topological polar surface area (TPSA) is 61.9 Å². The van der Waals surface area contributed by atoms with Gasteiger partial charge in [0.15, 0.2) is 0 Å². The summed E-state index contributed by atoms with van der Waals surface area (Å²) in [7, 11) is 0. The fourth-order valence-corrected chi connectivity index (χ4v) is 3.62. The van der Waals surface area contributed by atoms with Gasteiger partial charge in [0.25, 0.3) is 0 Å². The van der Waals surface area contributed by atoms with E-state index in [2.05, 4.69) is 21.0 Å². The summed E-state index contributed by atoms with van der Waals surface area (Å²) in [6.07, 6.45) is 7.04. The van der Waals surface area contributed by atoms with E-state index in [1.807, 2.05) is 35.2 Å². The standard InChI is InChI=1S/C20H22N4O/c25-20(12-15-5-3-9-21-13-15)24-10-4-6-16(14-24)11-19-22-17-7-1-2-8-18(17)23-19/h1-3,5,7-9,13,16H,4,6,10-12,14H2,(H,22,23)/t16-/m0/s1. The maximum atomic E-state index is 12.6. The molecule has 0 aliphatic carbocycles. The first-order valence-corrected chi connectivity index (χ1v) is 8.88. The maximum Gasteiger partial charge on any atom is 0.227 e. The second-order valence-corrected chi connectivity index (χ2v) is 6.79. The number of fused-ring (bicyclic) bond motifs is 1. The smallest absolute Gasteiger partial charge is 0.227 e. The highest BCUT2D eigenvalue weighted by atomic mass is 16.2. The van der Waals surface area contributed by atoms with Gasteiger partial charge < -0.3 is 9.88 Å². The number of nitrogens with zero attached hydrogens (tertiary/aromatic N) is 3. The summed E-state index contributed by atoms with van der Waals surface area (Å²) in [6, 6.07) is 11.9. The van der Waals surface area contributed by atoms with E-state index in [9.17, 15) is 4.79 Å². The van der Waals surface area contributed by atoms with Crippen molar-refractivity contribution < 1.29 is 4.79 Å². The second kappa shape index (κ2) is 7.05. The highest BCUT2D eigenvalue weighted by molar-refractivity contribution is 5.78. The van der Waals surface area contributed by atoms with Crippen LogP contribution in [-0.4, -0.2) is 38.8 Å². The molecule has 128 valence electrons. The van der Waals surface area contributed by atoms with Crippen molar-refractivity contribution in [2.45, 2.75) is 25.7 Å². The number of rotatable bonds is 4. The zero-order chi connectivity index (χ0) is 17.1. The van der Waals surface area contributed by atoms with Gasteiger partial charge in [0.1, 0.15) is 5.82 Å². The first kappa shape index (κ1) is 15.8. The molecule has 1 saturated heterocycles. The lowest BCUT2D eigenvalue weighted by atomic mass is 9.94. The number of pyridine rings is 1. The lowest BCUT2D eigenvalue weighted by Crippen LogP contribution is -2.41. The van der Waals surface area contributed by atoms with Crippen molar-refractivity contribution in [1.29, 1.82) is 0 Å². The minimum atomic E-state index is 0.197. The Kier molecular flexibility index (Phi) is 4.46. The van der Waals surface area contributed by atoms with Gasteiger partial charge in [-0.25, -0.2) is 4.98 Å². The van der Waals surface area contributed by atoms with Crippen molar-refractivity contribution in [2.75, 3.05) is 13.1 Å². The molecule has 4 rings (SSSR count). The van der Waals surface area contributed by atoms with Gasteiger partial charge in [-0.15, -0.1) is 0 Å². The Morgan fingerprint density at radius 3 is 3.00 bits per heavy atom. The average molecular weight is 334 g/mol. The molecule has 3 aromatic rings. The number of carbonyl (C=O) groups excluding carboxylic acids is 1. The van der Waals surface area contributed by atoms with Crippen LogP contribution in [0.1, 0.15) is 24.2 Å². The Morgan fingerprint density at radius 2 is 2.16 bits per heavy atom. The van der Waals surface area contributed by atoms with Crippen LogP contribution >= 0.6 is 0 Å². The van der Waals surface area contributed by atoms with E-state index in [-0.39, 0.29) is 5.91 Å². The molecule has 1 N–H and O–H groups in total. The molecule has 1 atom stereocenters. The van der Waals surface area contributed by atoms with Gasteiger partial charge in [-0.3, -0.25) is 9.78 Å². The number of benzene rings is 1. The SMILES string of the molecule is O=C(Cc1cccnc1)N1CCC[C@@H](Cc2nc3ccccc3[nH]2)C1. The molecule has 1 aliphatic heterocycles. The van der Waals surface area contributed by atoms with Crippen molar-refractivity contribution in [3.8, 4) is 0 Å². The van der Waals surface area contributed by atoms with Gasteiger partial charge in [-0.05, 0) is 42.5 Å². The second-order valence-electron chi connectivity index (χ2n) is 6.79. The molecule has 0 unspecified atom stereocenters. The van der Waals surface area contributed by atoms with Crippen molar-refractivity contribution in [2.24, 2.45) is 5.92 Å². The molecular weight excluding hydrogens is 312 g/mol. The molecule has 2 aromatic heterocycles. The van der Waals surface area contributed by atoms with Gasteiger partial charge in [0.05, 0.1) is 17.5 Å². The van der Waals surface area contributed by atoms with Crippen molar-refractivity contribution in [1.82, 2.24) is 19.9 Å². The number of hydrogen-bond acceptors (Lipinski definition) is 3. The van der Waals surface area contributed by atoms with Gasteiger partial charge in [0.2, 0.25) is 5.91 Å². The predicted octanol–water partition coefficient (Wildman–Crippen LogP) is 2.98. The fraction of sp³-hybridized carbons (Fsp3) is 0.350. The monoisotopic (exact) mass is 334 g/mol. The molecule has 0 spiro atoms. The number of likely N-dealkylation sites (tertiary alicyclic amines) is 1. The summed E-state index contributed by atoms with van der Waals surface area (Å²) >= 11 is 0. The van der Waals surface area contributed by atoms with Crippen LogP contribution in [0.2, 0.25) is 0 Å². The maximum absolute atomic E-state index is 12.6. The number of nitrogens with one attached hydrogen (secondary N) is 1. The predicted molar refractivity (Wildman–Crippen MR) is 97.0 cm³/mol. The molecule has 1 aromatic carbocycles. The Hall–Kier alpha value is -2.69. The quantitative estimate of drug-likeness (QED) is 0.798. The zero-order valence-electron chi connectivity index (χ0n) is 14.2. The number of aromatic amines is 1. The number of amides is 1. The molecule has 3 heterocycles. The van der Waals surface area contributed by atoms with Crippen LogP contribution in [0.3, 0.4) is 0 Å². The Bertz CT molecular complexity index is 825. The van der Waals surface area contributed by atoms with E-state index in [0.717, 1.165) is 54.8 Å². The lowest BCUT2D eigenvalue weighted by Gasteiger charge is -2.32. The van der Waals surface area contributed by atoms with Crippen molar-refractivity contribution in [3.05, 3.63) is 60.2 Å². The molecule has 1 aliphatic rings. The zero-order valence-corrected chi connectivity index (χ0v) is 14.2. The fourth-order valence-electron chi connectivity index (χ4n) is 3.62. The Labute approximate surface area is 147 Å². The van der Waals surface area contributed by atoms with E-state index < -0.39 is 0 Å². The summed E-state index contributed by atoms with van der Waals surface area (Å²) in [6.45, 7) is 1.67. The third-order valence-electron chi connectivity index (χ3n) is 4.87. The molecule has 25 heavy (non-hydrogen) atoms. The molecule has 0 saturated carbocycles. The van der Waals surface area contributed by atoms with E-state index in [1.54, 1.807) is 12.4 Å². The summed E-state index contributed by atoms with van der Waals surface area (Å²) in [5.74, 6) is 1.68. The molecule has 5 nitrogen and oxygen atoms in total. The van der Waals surface area contributed by atoms with Gasteiger partial charge in [-0.1, -0.05) is 18.2 Å². The van der Waals surface area contributed by atoms with Gasteiger partial charge in [-0.2, -0.15) is 0 Å². The highest BCUT2D eigenvalue weighted by Gasteiger charge is 2.24. The lowest BCUT2D eigenvalue weighted by molar-refractivity contribution is -0.132. The largest absolute Gasteiger partial charge is 0.342 e. The number of piperidine rings is 1. The van der Waals surface area contributed by atoms with E-state index >= 15 is 0 Å². The van der Waals surface area contributed by atoms with Crippen LogP contribution in [-0.2, 0) is 17.6 Å². The van der Waals surface area contributed by atoms with E-state index in [4.69, 9.17) is 0 Å². The molecular formula is C20H22N4O. The average Bonchev–Trinajstić information content (AvgIpc) is 3.05. The van der Waals surface area contributed by atoms with Crippen molar-refractivity contribution in [3.63, 3.8) is 0 Å². The molecule has 1 fully saturated rings. The number of carbonyl (C=O) groups is 1. The molecule has 1 amide bonds. The third-order valence-corrected chi connectivity index (χ3v) is 4.87. The number of hydrogen-bond donors (Lipinski definition) is 1. The summed E-state index contributed by atoms with van der Waals surface area (Å²) in [5.41, 5.74) is 3.07. The molecule has 0 radical (unpaired) electrons. The van der Waals surface area contributed by atoms with Gasteiger partial charge in [0, 0.05) is 31.9 Å². The van der Waals surface area contributed by atoms with Crippen molar-refractivity contribution >= 4 is 16.9 Å². The van der Waals surface area contributed by atoms with Crippen LogP contribution in [0.5, 0.6) is 0 Å². The van der Waals surface area contributed by atoms with Crippen LogP contribution in [0.4, 0.5) is 0 Å². The van der Waals surface area contributed by atoms with Crippen LogP contribution in [0.15, 0.2) is 48.8 Å². The summed E-state index contributed by atoms with van der Waals surface area (Å²) in [4.78, 5) is 26.8. The van der Waals surface area contributed by atoms with Crippen LogP contribution in [0.25, 0.3) is 11.0 Å². The number of H-pyrrole nitrogens is 1. The molecule has 5 heteroatoms. The minimum absolute atomic E-state index is 0.197. The summed E-state index contributed by atoms with van der Waals surface area (Å²) in [5, 5.41) is 0. The van der Waals surface area contributed by atoms with Crippen LogP contribution < -0.4 is 0 Å². The first-order valence-electron chi connectivity index (χ1n) is 8.88. The third kappa shape index (κ3) is 3.71. The minimum Gasteiger partial charge on any atom is -0.342 e. The normalized spacial score (nSPS) is 17.8. The Balaban J connectivity index is 1.39. The van der Waals surface area contributed by atoms with Crippen LogP contribution in [0, 0.1) is 5.92 Å². The molecule has 0 bridgehead atoms. The Morgan fingerprint density at radius 1 is 1.24 bits per heavy atom. The number of imidazole rings is 1. The first-order chi connectivity index (χ1) is 12.3. The number of aromatic nitrogens is 3. The van der Waals surface area contributed by atoms with E-state index in [0.29, 0.717) is 12.3 Å². The van der Waals surface area contributed by atoms with Gasteiger partial charge >= 0.3 is 0 Å². The number of para-hydroxylation sites is 2.